The number of ether oxygens (including phenoxy) is 1. The lowest BCUT2D eigenvalue weighted by Gasteiger charge is -2.15. The normalized spacial score (nSPS) is 10.9. The molecule has 5 aromatic carbocycles. The van der Waals surface area contributed by atoms with Gasteiger partial charge in [-0.15, -0.1) is 16.9 Å². The molecule has 0 fully saturated rings. The number of phenols is 1. The van der Waals surface area contributed by atoms with Crippen LogP contribution in [0.4, 0.5) is 11.4 Å². The van der Waals surface area contributed by atoms with Crippen molar-refractivity contribution in [3.05, 3.63) is 130 Å². The van der Waals surface area contributed by atoms with Crippen molar-refractivity contribution < 1.29 is 19.6 Å². The molecule has 0 aliphatic carbocycles. The van der Waals surface area contributed by atoms with Gasteiger partial charge in [0.15, 0.2) is 5.82 Å². The summed E-state index contributed by atoms with van der Waals surface area (Å²) in [6, 6.07) is 29.5. The van der Waals surface area contributed by atoms with Crippen LogP contribution in [0.3, 0.4) is 0 Å². The minimum absolute atomic E-state index is 0.0189. The van der Waals surface area contributed by atoms with Gasteiger partial charge in [0.2, 0.25) is 5.75 Å². The van der Waals surface area contributed by atoms with E-state index in [4.69, 9.17) is 4.74 Å². The number of aryl methyl sites for hydroxylation is 1. The van der Waals surface area contributed by atoms with Crippen LogP contribution in [-0.4, -0.2) is 36.1 Å². The van der Waals surface area contributed by atoms with Crippen LogP contribution in [0.25, 0.3) is 16.5 Å². The predicted octanol–water partition coefficient (Wildman–Crippen LogP) is 7.07. The van der Waals surface area contributed by atoms with E-state index < -0.39 is 10.8 Å². The Morgan fingerprint density at radius 1 is 0.955 bits per heavy atom. The Morgan fingerprint density at radius 2 is 1.68 bits per heavy atom. The molecule has 11 nitrogen and oxygen atoms in total. The number of benzene rings is 5. The number of nitro groups is 1. The van der Waals surface area contributed by atoms with Crippen LogP contribution in [0.2, 0.25) is 0 Å². The first-order chi connectivity index (χ1) is 21.4. The standard InChI is InChI=1S/C32H24N6O5S/c1-20-9-5-8-14-26(20)33-32(40)25-18-29(23-12-6-7-13-24(23)31(25)39)43-28-16-15-22(17-27(28)38(41)42)44-19-30-34-35-36-37(30)21-10-3-2-4-11-21/h2-18,39H,19H2,1H3,(H,33,40). The molecule has 0 aliphatic heterocycles. The molecule has 0 spiro atoms. The Morgan fingerprint density at radius 3 is 2.45 bits per heavy atom. The number of nitro benzene ring substituents is 1. The van der Waals surface area contributed by atoms with Crippen molar-refractivity contribution in [1.82, 2.24) is 20.2 Å². The molecule has 1 amide bonds. The van der Waals surface area contributed by atoms with E-state index in [1.54, 1.807) is 47.1 Å². The van der Waals surface area contributed by atoms with Crippen molar-refractivity contribution >= 4 is 39.8 Å². The number of para-hydroxylation sites is 2. The number of tetrazole rings is 1. The monoisotopic (exact) mass is 604 g/mol. The van der Waals surface area contributed by atoms with E-state index in [9.17, 15) is 20.0 Å². The summed E-state index contributed by atoms with van der Waals surface area (Å²) in [4.78, 5) is 25.5. The molecule has 6 aromatic rings. The van der Waals surface area contributed by atoms with E-state index >= 15 is 0 Å². The molecule has 6 rings (SSSR count). The Balaban J connectivity index is 1.30. The molecule has 1 aromatic heterocycles. The molecule has 218 valence electrons. The maximum absolute atomic E-state index is 13.3. The minimum Gasteiger partial charge on any atom is -0.506 e. The molecule has 0 radical (unpaired) electrons. The molecule has 0 unspecified atom stereocenters. The third-order valence-corrected chi connectivity index (χ3v) is 7.86. The zero-order valence-electron chi connectivity index (χ0n) is 23.2. The molecular weight excluding hydrogens is 580 g/mol. The SMILES string of the molecule is Cc1ccccc1NC(=O)c1cc(Oc2ccc(SCc3nnnn3-c3ccccc3)cc2[N+](=O)[O-])c2ccccc2c1O. The highest BCUT2D eigenvalue weighted by atomic mass is 32.2. The van der Waals surface area contributed by atoms with Crippen LogP contribution in [0, 0.1) is 17.0 Å². The van der Waals surface area contributed by atoms with Gasteiger partial charge in [-0.3, -0.25) is 14.9 Å². The average molecular weight is 605 g/mol. The van der Waals surface area contributed by atoms with Gasteiger partial charge in [-0.25, -0.2) is 0 Å². The third kappa shape index (κ3) is 5.78. The number of aromatic nitrogens is 4. The average Bonchev–Trinajstić information content (AvgIpc) is 3.52. The lowest BCUT2D eigenvalue weighted by Crippen LogP contribution is -2.13. The van der Waals surface area contributed by atoms with Crippen LogP contribution >= 0.6 is 11.8 Å². The Kier molecular flexibility index (Phi) is 7.89. The van der Waals surface area contributed by atoms with Crippen molar-refractivity contribution in [3.8, 4) is 22.9 Å². The second kappa shape index (κ2) is 12.2. The molecule has 44 heavy (non-hydrogen) atoms. The zero-order chi connectivity index (χ0) is 30.6. The van der Waals surface area contributed by atoms with Crippen LogP contribution < -0.4 is 10.1 Å². The van der Waals surface area contributed by atoms with Gasteiger partial charge < -0.3 is 15.2 Å². The van der Waals surface area contributed by atoms with Crippen LogP contribution in [0.1, 0.15) is 21.7 Å². The van der Waals surface area contributed by atoms with E-state index in [0.717, 1.165) is 11.3 Å². The van der Waals surface area contributed by atoms with Crippen molar-refractivity contribution in [2.75, 3.05) is 5.32 Å². The summed E-state index contributed by atoms with van der Waals surface area (Å²) >= 11 is 1.34. The zero-order valence-corrected chi connectivity index (χ0v) is 24.1. The number of nitrogens with zero attached hydrogens (tertiary/aromatic N) is 5. The number of thioether (sulfide) groups is 1. The molecule has 1 heterocycles. The Hall–Kier alpha value is -5.75. The van der Waals surface area contributed by atoms with Crippen LogP contribution in [0.5, 0.6) is 17.2 Å². The summed E-state index contributed by atoms with van der Waals surface area (Å²) in [5.74, 6) is 0.329. The maximum atomic E-state index is 13.3. The van der Waals surface area contributed by atoms with E-state index in [1.807, 2.05) is 49.4 Å². The number of amides is 1. The van der Waals surface area contributed by atoms with Crippen LogP contribution in [0.15, 0.2) is 108 Å². The molecule has 0 bridgehead atoms. The van der Waals surface area contributed by atoms with Crippen LogP contribution in [-0.2, 0) is 5.75 Å². The second-order valence-electron chi connectivity index (χ2n) is 9.71. The maximum Gasteiger partial charge on any atom is 0.312 e. The number of hydrogen-bond acceptors (Lipinski definition) is 9. The van der Waals surface area contributed by atoms with Crippen molar-refractivity contribution in [1.29, 1.82) is 0 Å². The second-order valence-corrected chi connectivity index (χ2v) is 10.8. The number of anilines is 1. The fourth-order valence-corrected chi connectivity index (χ4v) is 5.47. The highest BCUT2D eigenvalue weighted by Gasteiger charge is 2.23. The first kappa shape index (κ1) is 28.4. The topological polar surface area (TPSA) is 145 Å². The summed E-state index contributed by atoms with van der Waals surface area (Å²) in [7, 11) is 0. The number of phenolic OH excluding ortho intramolecular Hbond substituents is 1. The van der Waals surface area contributed by atoms with Crippen molar-refractivity contribution in [2.45, 2.75) is 17.6 Å². The number of nitrogens with one attached hydrogen (secondary N) is 1. The van der Waals surface area contributed by atoms with Gasteiger partial charge in [0, 0.05) is 27.4 Å². The Bertz CT molecular complexity index is 2010. The van der Waals surface area contributed by atoms with E-state index in [1.165, 1.54) is 30.0 Å². The Labute approximate surface area is 255 Å². The highest BCUT2D eigenvalue weighted by molar-refractivity contribution is 7.98. The summed E-state index contributed by atoms with van der Waals surface area (Å²) < 4.78 is 7.72. The van der Waals surface area contributed by atoms with Gasteiger partial charge in [-0.1, -0.05) is 60.7 Å². The highest BCUT2D eigenvalue weighted by Crippen LogP contribution is 2.41. The molecule has 2 N–H and O–H groups in total. The fourth-order valence-electron chi connectivity index (χ4n) is 4.63. The van der Waals surface area contributed by atoms with Gasteiger partial charge in [0.25, 0.3) is 5.91 Å². The van der Waals surface area contributed by atoms with Gasteiger partial charge in [0.1, 0.15) is 11.5 Å². The van der Waals surface area contributed by atoms with E-state index in [-0.39, 0.29) is 28.5 Å². The third-order valence-electron chi connectivity index (χ3n) is 6.87. The number of fused-ring (bicyclic) bond motifs is 1. The lowest BCUT2D eigenvalue weighted by molar-refractivity contribution is -0.385. The minimum atomic E-state index is -0.550. The number of hydrogen-bond donors (Lipinski definition) is 2. The smallest absolute Gasteiger partial charge is 0.312 e. The lowest BCUT2D eigenvalue weighted by atomic mass is 10.0. The number of carbonyl (C=O) groups is 1. The van der Waals surface area contributed by atoms with E-state index in [2.05, 4.69) is 20.8 Å². The first-order valence-corrected chi connectivity index (χ1v) is 14.4. The molecule has 0 saturated carbocycles. The number of aromatic hydroxyl groups is 1. The van der Waals surface area contributed by atoms with Gasteiger partial charge in [0.05, 0.1) is 21.9 Å². The van der Waals surface area contributed by atoms with Gasteiger partial charge in [-0.05, 0) is 59.3 Å². The number of rotatable bonds is 9. The van der Waals surface area contributed by atoms with Crippen molar-refractivity contribution in [3.63, 3.8) is 0 Å². The van der Waals surface area contributed by atoms with Gasteiger partial charge in [-0.2, -0.15) is 4.68 Å². The quantitative estimate of drug-likeness (QED) is 0.100. The molecule has 0 aliphatic rings. The fraction of sp³-hybridized carbons (Fsp3) is 0.0625. The summed E-state index contributed by atoms with van der Waals surface area (Å²) in [5.41, 5.74) is 1.95. The van der Waals surface area contributed by atoms with E-state index in [0.29, 0.717) is 32.9 Å². The predicted molar refractivity (Wildman–Crippen MR) is 167 cm³/mol. The molecule has 12 heteroatoms. The first-order valence-electron chi connectivity index (χ1n) is 13.4. The number of carbonyl (C=O) groups excluding carboxylic acids is 1. The van der Waals surface area contributed by atoms with Gasteiger partial charge >= 0.3 is 5.69 Å². The summed E-state index contributed by atoms with van der Waals surface area (Å²) in [5, 5.41) is 38.8. The largest absolute Gasteiger partial charge is 0.506 e. The van der Waals surface area contributed by atoms with Crippen molar-refractivity contribution in [2.24, 2.45) is 0 Å². The molecular formula is C32H24N6O5S. The molecule has 0 atom stereocenters. The summed E-state index contributed by atoms with van der Waals surface area (Å²) in [6.07, 6.45) is 0. The molecule has 0 saturated heterocycles. The summed E-state index contributed by atoms with van der Waals surface area (Å²) in [6.45, 7) is 1.86.